The molecule has 7 heteroatoms. The van der Waals surface area contributed by atoms with Crippen molar-refractivity contribution >= 4 is 18.0 Å². The number of piperidine rings is 1. The van der Waals surface area contributed by atoms with Gasteiger partial charge in [0, 0.05) is 19.0 Å². The summed E-state index contributed by atoms with van der Waals surface area (Å²) in [5, 5.41) is 12.2. The first-order valence-corrected chi connectivity index (χ1v) is 12.0. The fourth-order valence-electron chi connectivity index (χ4n) is 5.49. The van der Waals surface area contributed by atoms with E-state index in [0.717, 1.165) is 24.0 Å². The number of hydrogen-bond acceptors (Lipinski definition) is 4. The summed E-state index contributed by atoms with van der Waals surface area (Å²) in [4.78, 5) is 38.6. The number of likely N-dealkylation sites (tertiary alicyclic amines) is 1. The fourth-order valence-corrected chi connectivity index (χ4v) is 5.49. The standard InChI is InChI=1S/C27H30N2O5/c1-17-15-29(13-10-18(17)25(31)32)24(30)14-27(11-12-27)28-26(33)34-16-23-21-8-4-2-6-19(21)20-7-3-5-9-22(20)23/h2-9,17-18,23H,10-16H2,1H3,(H,28,33)(H,31,32). The maximum Gasteiger partial charge on any atom is 0.407 e. The smallest absolute Gasteiger partial charge is 0.407 e. The summed E-state index contributed by atoms with van der Waals surface area (Å²) in [5.41, 5.74) is 4.12. The van der Waals surface area contributed by atoms with Crippen molar-refractivity contribution in [1.82, 2.24) is 10.2 Å². The lowest BCUT2D eigenvalue weighted by atomic mass is 9.87. The monoisotopic (exact) mass is 462 g/mol. The third-order valence-corrected chi connectivity index (χ3v) is 7.63. The molecular formula is C27H30N2O5. The molecule has 2 atom stereocenters. The SMILES string of the molecule is CC1CN(C(=O)CC2(NC(=O)OCC3c4ccccc4-c4ccccc43)CC2)CCC1C(=O)O. The van der Waals surface area contributed by atoms with Crippen molar-refractivity contribution in [3.05, 3.63) is 59.7 Å². The molecule has 0 radical (unpaired) electrons. The van der Waals surface area contributed by atoms with Gasteiger partial charge < -0.3 is 20.1 Å². The highest BCUT2D eigenvalue weighted by atomic mass is 16.5. The molecule has 1 aliphatic heterocycles. The van der Waals surface area contributed by atoms with E-state index in [0.29, 0.717) is 19.5 Å². The van der Waals surface area contributed by atoms with Crippen LogP contribution >= 0.6 is 0 Å². The predicted molar refractivity (Wildman–Crippen MR) is 126 cm³/mol. The number of aliphatic carboxylic acids is 1. The Balaban J connectivity index is 1.17. The molecule has 178 valence electrons. The minimum Gasteiger partial charge on any atom is -0.481 e. The van der Waals surface area contributed by atoms with Gasteiger partial charge in [0.25, 0.3) is 0 Å². The summed E-state index contributed by atoms with van der Waals surface area (Å²) < 4.78 is 5.66. The average Bonchev–Trinajstić information content (AvgIpc) is 3.49. The Bertz CT molecular complexity index is 1080. The van der Waals surface area contributed by atoms with Gasteiger partial charge >= 0.3 is 12.1 Å². The first-order chi connectivity index (χ1) is 16.4. The first kappa shape index (κ1) is 22.4. The average molecular weight is 463 g/mol. The topological polar surface area (TPSA) is 95.9 Å². The Labute approximate surface area is 199 Å². The van der Waals surface area contributed by atoms with E-state index in [-0.39, 0.29) is 30.8 Å². The molecular weight excluding hydrogens is 432 g/mol. The lowest BCUT2D eigenvalue weighted by molar-refractivity contribution is -0.148. The van der Waals surface area contributed by atoms with E-state index in [1.165, 1.54) is 11.1 Å². The number of carbonyl (C=O) groups is 3. The van der Waals surface area contributed by atoms with Crippen molar-refractivity contribution in [1.29, 1.82) is 0 Å². The summed E-state index contributed by atoms with van der Waals surface area (Å²) in [6.45, 7) is 3.00. The molecule has 34 heavy (non-hydrogen) atoms. The third kappa shape index (κ3) is 4.27. The second kappa shape index (κ2) is 8.78. The van der Waals surface area contributed by atoms with Gasteiger partial charge in [-0.2, -0.15) is 0 Å². The lowest BCUT2D eigenvalue weighted by Crippen LogP contribution is -2.48. The molecule has 1 heterocycles. The van der Waals surface area contributed by atoms with Gasteiger partial charge in [-0.15, -0.1) is 0 Å². The van der Waals surface area contributed by atoms with Crippen LogP contribution in [-0.4, -0.2) is 53.2 Å². The Morgan fingerprint density at radius 1 is 1.06 bits per heavy atom. The number of nitrogens with one attached hydrogen (secondary N) is 1. The normalized spacial score (nSPS) is 22.4. The number of ether oxygens (including phenoxy) is 1. The summed E-state index contributed by atoms with van der Waals surface area (Å²) in [5.74, 6) is -1.33. The Morgan fingerprint density at radius 3 is 2.24 bits per heavy atom. The Hall–Kier alpha value is -3.35. The van der Waals surface area contributed by atoms with Crippen LogP contribution in [0.5, 0.6) is 0 Å². The van der Waals surface area contributed by atoms with Crippen molar-refractivity contribution < 1.29 is 24.2 Å². The summed E-state index contributed by atoms with van der Waals surface area (Å²) in [6.07, 6.45) is 1.68. The summed E-state index contributed by atoms with van der Waals surface area (Å²) >= 11 is 0. The summed E-state index contributed by atoms with van der Waals surface area (Å²) in [7, 11) is 0. The van der Waals surface area contributed by atoms with E-state index >= 15 is 0 Å². The van der Waals surface area contributed by atoms with Gasteiger partial charge in [-0.25, -0.2) is 4.79 Å². The largest absolute Gasteiger partial charge is 0.481 e. The Morgan fingerprint density at radius 2 is 1.68 bits per heavy atom. The minimum atomic E-state index is -0.796. The molecule has 2 amide bonds. The number of carboxylic acid groups (broad SMARTS) is 1. The van der Waals surface area contributed by atoms with E-state index < -0.39 is 23.5 Å². The maximum absolute atomic E-state index is 12.9. The van der Waals surface area contributed by atoms with Gasteiger partial charge in [-0.05, 0) is 47.4 Å². The van der Waals surface area contributed by atoms with Crippen molar-refractivity contribution in [2.75, 3.05) is 19.7 Å². The van der Waals surface area contributed by atoms with E-state index in [2.05, 4.69) is 29.6 Å². The van der Waals surface area contributed by atoms with E-state index in [9.17, 15) is 19.5 Å². The van der Waals surface area contributed by atoms with E-state index in [1.807, 2.05) is 31.2 Å². The molecule has 2 fully saturated rings. The molecule has 7 nitrogen and oxygen atoms in total. The molecule has 2 aromatic carbocycles. The number of fused-ring (bicyclic) bond motifs is 3. The number of alkyl carbamates (subject to hydrolysis) is 1. The molecule has 1 saturated carbocycles. The quantitative estimate of drug-likeness (QED) is 0.676. The van der Waals surface area contributed by atoms with Crippen LogP contribution in [0.2, 0.25) is 0 Å². The van der Waals surface area contributed by atoms with Crippen LogP contribution in [0, 0.1) is 11.8 Å². The van der Waals surface area contributed by atoms with Crippen molar-refractivity contribution in [3.8, 4) is 11.1 Å². The molecule has 0 spiro atoms. The molecule has 5 rings (SSSR count). The molecule has 0 bridgehead atoms. The fraction of sp³-hybridized carbons (Fsp3) is 0.444. The highest BCUT2D eigenvalue weighted by Gasteiger charge is 2.47. The second-order valence-corrected chi connectivity index (χ2v) is 9.96. The predicted octanol–water partition coefficient (Wildman–Crippen LogP) is 4.02. The lowest BCUT2D eigenvalue weighted by Gasteiger charge is -2.35. The molecule has 0 aromatic heterocycles. The minimum absolute atomic E-state index is 0.00745. The highest BCUT2D eigenvalue weighted by molar-refractivity contribution is 5.81. The van der Waals surface area contributed by atoms with Gasteiger partial charge in [0.15, 0.2) is 0 Å². The van der Waals surface area contributed by atoms with Gasteiger partial charge in [0.1, 0.15) is 6.61 Å². The van der Waals surface area contributed by atoms with E-state index in [4.69, 9.17) is 4.74 Å². The van der Waals surface area contributed by atoms with Gasteiger partial charge in [0.2, 0.25) is 5.91 Å². The molecule has 2 unspecified atom stereocenters. The van der Waals surface area contributed by atoms with E-state index in [1.54, 1.807) is 4.90 Å². The Kier molecular flexibility index (Phi) is 5.80. The third-order valence-electron chi connectivity index (χ3n) is 7.63. The van der Waals surface area contributed by atoms with Crippen LogP contribution < -0.4 is 5.32 Å². The van der Waals surface area contributed by atoms with Crippen LogP contribution in [0.4, 0.5) is 4.79 Å². The molecule has 2 aromatic rings. The number of benzene rings is 2. The number of carbonyl (C=O) groups excluding carboxylic acids is 2. The van der Waals surface area contributed by atoms with Crippen LogP contribution in [-0.2, 0) is 14.3 Å². The zero-order valence-electron chi connectivity index (χ0n) is 19.3. The van der Waals surface area contributed by atoms with Gasteiger partial charge in [0.05, 0.1) is 17.9 Å². The van der Waals surface area contributed by atoms with Gasteiger partial charge in [-0.1, -0.05) is 55.5 Å². The number of nitrogens with zero attached hydrogens (tertiary/aromatic N) is 1. The zero-order valence-corrected chi connectivity index (χ0v) is 19.3. The van der Waals surface area contributed by atoms with Crippen LogP contribution in [0.15, 0.2) is 48.5 Å². The van der Waals surface area contributed by atoms with Crippen molar-refractivity contribution in [3.63, 3.8) is 0 Å². The second-order valence-electron chi connectivity index (χ2n) is 9.96. The first-order valence-electron chi connectivity index (χ1n) is 12.0. The number of amides is 2. The molecule has 2 N–H and O–H groups in total. The van der Waals surface area contributed by atoms with Crippen molar-refractivity contribution in [2.24, 2.45) is 11.8 Å². The molecule has 3 aliphatic rings. The number of hydrogen-bond donors (Lipinski definition) is 2. The maximum atomic E-state index is 12.9. The number of carboxylic acids is 1. The highest BCUT2D eigenvalue weighted by Crippen LogP contribution is 2.45. The molecule has 1 saturated heterocycles. The summed E-state index contributed by atoms with van der Waals surface area (Å²) in [6, 6.07) is 16.4. The zero-order chi connectivity index (χ0) is 23.9. The van der Waals surface area contributed by atoms with Gasteiger partial charge in [-0.3, -0.25) is 9.59 Å². The van der Waals surface area contributed by atoms with Crippen LogP contribution in [0.1, 0.15) is 49.7 Å². The number of rotatable bonds is 6. The van der Waals surface area contributed by atoms with Crippen LogP contribution in [0.3, 0.4) is 0 Å². The van der Waals surface area contributed by atoms with Crippen LogP contribution in [0.25, 0.3) is 11.1 Å². The molecule has 2 aliphatic carbocycles. The van der Waals surface area contributed by atoms with Crippen molar-refractivity contribution in [2.45, 2.75) is 44.1 Å².